The van der Waals surface area contributed by atoms with Gasteiger partial charge in [-0.05, 0) is 52.9 Å². The second-order valence-electron chi connectivity index (χ2n) is 9.89. The molecule has 3 heterocycles. The fourth-order valence-electron chi connectivity index (χ4n) is 5.12. The Morgan fingerprint density at radius 1 is 1.10 bits per heavy atom. The van der Waals surface area contributed by atoms with E-state index in [4.69, 9.17) is 18.9 Å². The lowest BCUT2D eigenvalue weighted by Gasteiger charge is -2.41. The summed E-state index contributed by atoms with van der Waals surface area (Å²) in [6.45, 7) is 11.1. The zero-order valence-electron chi connectivity index (χ0n) is 17.7. The molecule has 0 unspecified atom stereocenters. The molecular formula is C22H32O7. The van der Waals surface area contributed by atoms with Crippen LogP contribution in [0, 0.1) is 5.92 Å². The van der Waals surface area contributed by atoms with Crippen molar-refractivity contribution < 1.29 is 33.6 Å². The third kappa shape index (κ3) is 3.97. The van der Waals surface area contributed by atoms with Gasteiger partial charge in [0.2, 0.25) is 0 Å². The Hall–Kier alpha value is -1.44. The van der Waals surface area contributed by atoms with E-state index in [0.29, 0.717) is 25.7 Å². The van der Waals surface area contributed by atoms with Crippen LogP contribution in [-0.4, -0.2) is 58.3 Å². The molecule has 0 aromatic carbocycles. The maximum atomic E-state index is 12.5. The highest BCUT2D eigenvalue weighted by Crippen LogP contribution is 2.51. The Morgan fingerprint density at radius 3 is 2.41 bits per heavy atom. The van der Waals surface area contributed by atoms with E-state index in [2.05, 4.69) is 13.5 Å². The van der Waals surface area contributed by atoms with Crippen molar-refractivity contribution in [3.8, 4) is 0 Å². The normalized spacial score (nSPS) is 49.8. The standard InChI is InChI=1S/C22H32O7/c1-12-14-10-18(27-19(12)24)20(3,25)8-6-16-21(4,28-16)9-7-17-22(5,29-17)11-15(14)26-13(2)23/h14-18,25H,1,6-11H2,2-5H3/t14-,15-,16+,17+,18+,20-,21-,22-/m1/s1. The van der Waals surface area contributed by atoms with E-state index >= 15 is 0 Å². The summed E-state index contributed by atoms with van der Waals surface area (Å²) in [6.07, 6.45) is 2.66. The minimum absolute atomic E-state index is 0.0767. The first-order chi connectivity index (χ1) is 13.4. The fraction of sp³-hybridized carbons (Fsp3) is 0.818. The van der Waals surface area contributed by atoms with Crippen LogP contribution in [0.2, 0.25) is 0 Å². The van der Waals surface area contributed by atoms with Gasteiger partial charge in [0.15, 0.2) is 0 Å². The first kappa shape index (κ1) is 20.8. The molecule has 0 radical (unpaired) electrons. The molecule has 29 heavy (non-hydrogen) atoms. The van der Waals surface area contributed by atoms with Crippen LogP contribution in [0.25, 0.3) is 0 Å². The van der Waals surface area contributed by atoms with E-state index in [0.717, 1.165) is 12.8 Å². The smallest absolute Gasteiger partial charge is 0.334 e. The molecule has 1 N–H and O–H groups in total. The summed E-state index contributed by atoms with van der Waals surface area (Å²) >= 11 is 0. The van der Waals surface area contributed by atoms with Gasteiger partial charge < -0.3 is 24.1 Å². The highest BCUT2D eigenvalue weighted by atomic mass is 16.6. The van der Waals surface area contributed by atoms with Gasteiger partial charge in [0.25, 0.3) is 0 Å². The zero-order valence-corrected chi connectivity index (χ0v) is 17.7. The summed E-state index contributed by atoms with van der Waals surface area (Å²) in [7, 11) is 0. The molecular weight excluding hydrogens is 376 g/mol. The monoisotopic (exact) mass is 408 g/mol. The molecule has 1 saturated carbocycles. The number of epoxide rings is 2. The Morgan fingerprint density at radius 2 is 1.72 bits per heavy atom. The first-order valence-corrected chi connectivity index (χ1v) is 10.6. The van der Waals surface area contributed by atoms with E-state index in [1.807, 2.05) is 6.92 Å². The van der Waals surface area contributed by atoms with E-state index in [9.17, 15) is 14.7 Å². The van der Waals surface area contributed by atoms with E-state index in [1.165, 1.54) is 6.92 Å². The van der Waals surface area contributed by atoms with Gasteiger partial charge in [0.1, 0.15) is 12.2 Å². The van der Waals surface area contributed by atoms with Crippen LogP contribution in [0.3, 0.4) is 0 Å². The van der Waals surface area contributed by atoms with Gasteiger partial charge in [-0.3, -0.25) is 4.79 Å². The van der Waals surface area contributed by atoms with Crippen LogP contribution in [0.15, 0.2) is 12.2 Å². The number of carbonyl (C=O) groups excluding carboxylic acids is 2. The molecule has 4 aliphatic rings. The summed E-state index contributed by atoms with van der Waals surface area (Å²) in [5.41, 5.74) is -1.52. The van der Waals surface area contributed by atoms with Gasteiger partial charge in [-0.2, -0.15) is 0 Å². The lowest BCUT2D eigenvalue weighted by atomic mass is 9.76. The third-order valence-corrected chi connectivity index (χ3v) is 7.38. The average Bonchev–Trinajstić information content (AvgIpc) is 3.47. The number of hydrogen-bond acceptors (Lipinski definition) is 7. The van der Waals surface area contributed by atoms with Crippen molar-refractivity contribution in [2.24, 2.45) is 5.92 Å². The maximum absolute atomic E-state index is 12.5. The van der Waals surface area contributed by atoms with Crippen LogP contribution in [0.5, 0.6) is 0 Å². The minimum Gasteiger partial charge on any atom is -0.462 e. The second-order valence-corrected chi connectivity index (χ2v) is 9.89. The molecule has 0 aromatic rings. The van der Waals surface area contributed by atoms with E-state index in [-0.39, 0.29) is 23.4 Å². The highest BCUT2D eigenvalue weighted by Gasteiger charge is 2.59. The summed E-state index contributed by atoms with van der Waals surface area (Å²) in [6, 6.07) is 0. The molecule has 162 valence electrons. The molecule has 0 aromatic heterocycles. The van der Waals surface area contributed by atoms with Crippen molar-refractivity contribution in [1.29, 1.82) is 0 Å². The van der Waals surface area contributed by atoms with Crippen LogP contribution >= 0.6 is 0 Å². The molecule has 8 atom stereocenters. The molecule has 4 rings (SSSR count). The van der Waals surface area contributed by atoms with Crippen LogP contribution in [0.1, 0.15) is 66.2 Å². The minimum atomic E-state index is -1.20. The molecule has 7 heteroatoms. The lowest BCUT2D eigenvalue weighted by Crippen LogP contribution is -2.50. The molecule has 0 amide bonds. The van der Waals surface area contributed by atoms with Gasteiger partial charge in [0.05, 0.1) is 29.0 Å². The topological polar surface area (TPSA) is 97.9 Å². The van der Waals surface area contributed by atoms with Crippen molar-refractivity contribution in [2.45, 2.75) is 107 Å². The predicted octanol–water partition coefficient (Wildman–Crippen LogP) is 2.44. The number of fused-ring (bicyclic) bond motifs is 4. The number of rotatable bonds is 1. The predicted molar refractivity (Wildman–Crippen MR) is 103 cm³/mol. The Balaban J connectivity index is 1.63. The van der Waals surface area contributed by atoms with Crippen molar-refractivity contribution in [1.82, 2.24) is 0 Å². The Bertz CT molecular complexity index is 731. The van der Waals surface area contributed by atoms with Crippen LogP contribution in [0.4, 0.5) is 0 Å². The van der Waals surface area contributed by atoms with Crippen LogP contribution in [-0.2, 0) is 28.5 Å². The van der Waals surface area contributed by atoms with Crippen molar-refractivity contribution in [3.05, 3.63) is 12.2 Å². The molecule has 3 saturated heterocycles. The third-order valence-electron chi connectivity index (χ3n) is 7.38. The number of carbonyl (C=O) groups is 2. The zero-order chi connectivity index (χ0) is 21.2. The largest absolute Gasteiger partial charge is 0.462 e. The maximum Gasteiger partial charge on any atom is 0.334 e. The lowest BCUT2D eigenvalue weighted by molar-refractivity contribution is -0.175. The molecule has 7 nitrogen and oxygen atoms in total. The molecule has 0 spiro atoms. The van der Waals surface area contributed by atoms with Crippen molar-refractivity contribution in [3.63, 3.8) is 0 Å². The molecule has 2 bridgehead atoms. The SMILES string of the molecule is C=C1C(=O)O[C@H]2C[C@H]1[C@H](OC(C)=O)C[C@@]1(C)O[C@H]1CC[C@@]1(C)O[C@H]1CC[C@@]2(C)O. The quantitative estimate of drug-likeness (QED) is 0.404. The average molecular weight is 408 g/mol. The van der Waals surface area contributed by atoms with Gasteiger partial charge >= 0.3 is 11.9 Å². The van der Waals surface area contributed by atoms with Gasteiger partial charge in [-0.15, -0.1) is 0 Å². The Labute approximate surface area is 171 Å². The Kier molecular flexibility index (Phi) is 4.87. The summed E-state index contributed by atoms with van der Waals surface area (Å²) in [5.74, 6) is -1.36. The summed E-state index contributed by atoms with van der Waals surface area (Å²) in [4.78, 5) is 24.3. The van der Waals surface area contributed by atoms with Crippen molar-refractivity contribution in [2.75, 3.05) is 0 Å². The van der Waals surface area contributed by atoms with Crippen LogP contribution < -0.4 is 0 Å². The first-order valence-electron chi connectivity index (χ1n) is 10.6. The highest BCUT2D eigenvalue weighted by molar-refractivity contribution is 5.89. The van der Waals surface area contributed by atoms with E-state index < -0.39 is 41.3 Å². The molecule has 1 aliphatic carbocycles. The van der Waals surface area contributed by atoms with Gasteiger partial charge in [-0.25, -0.2) is 4.79 Å². The van der Waals surface area contributed by atoms with Gasteiger partial charge in [0, 0.05) is 24.8 Å². The molecule has 4 fully saturated rings. The number of ether oxygens (including phenoxy) is 4. The summed E-state index contributed by atoms with van der Waals surface area (Å²) in [5, 5.41) is 11.1. The molecule has 3 aliphatic heterocycles. The van der Waals surface area contributed by atoms with E-state index in [1.54, 1.807) is 6.92 Å². The van der Waals surface area contributed by atoms with Gasteiger partial charge in [-0.1, -0.05) is 6.58 Å². The van der Waals surface area contributed by atoms with Crippen molar-refractivity contribution >= 4 is 11.9 Å². The second kappa shape index (κ2) is 6.79. The number of hydrogen-bond donors (Lipinski definition) is 1. The number of esters is 2. The fourth-order valence-corrected chi connectivity index (χ4v) is 5.12. The summed E-state index contributed by atoms with van der Waals surface area (Å²) < 4.78 is 23.1. The number of aliphatic hydroxyl groups is 1.